The highest BCUT2D eigenvalue weighted by atomic mass is 32.1. The molecule has 0 saturated heterocycles. The fraction of sp³-hybridized carbons (Fsp3) is 0.235. The van der Waals surface area contributed by atoms with Crippen molar-refractivity contribution in [3.8, 4) is 34.3 Å². The monoisotopic (exact) mass is 662 g/mol. The van der Waals surface area contributed by atoms with Gasteiger partial charge < -0.3 is 14.8 Å². The van der Waals surface area contributed by atoms with Crippen LogP contribution >= 0.6 is 11.3 Å². The van der Waals surface area contributed by atoms with Crippen LogP contribution in [0.25, 0.3) is 28.3 Å². The molecule has 3 aromatic carbocycles. The number of aromatic nitrogens is 4. The molecule has 0 aliphatic carbocycles. The SMILES string of the molecule is COc1ccc(-n2c(C)csc2=NC(=O)N/C(C)=C(\C)c2ccc(-c3ncn(-c4ccc(OC(F)(F)F)cc4)n3)cc2)c(C(C)C)c1. The van der Waals surface area contributed by atoms with Gasteiger partial charge >= 0.3 is 12.4 Å². The first-order valence-electron chi connectivity index (χ1n) is 14.6. The van der Waals surface area contributed by atoms with Gasteiger partial charge in [0.25, 0.3) is 0 Å². The maximum atomic E-state index is 13.1. The molecular formula is C34H33F3N6O3S. The van der Waals surface area contributed by atoms with Gasteiger partial charge in [-0.3, -0.25) is 4.57 Å². The predicted octanol–water partition coefficient (Wildman–Crippen LogP) is 8.19. The number of nitrogens with one attached hydrogen (secondary N) is 1. The molecule has 5 rings (SSSR count). The van der Waals surface area contributed by atoms with Crippen LogP contribution in [0.4, 0.5) is 18.0 Å². The zero-order chi connectivity index (χ0) is 33.9. The minimum absolute atomic E-state index is 0.224. The van der Waals surface area contributed by atoms with Crippen molar-refractivity contribution < 1.29 is 27.4 Å². The van der Waals surface area contributed by atoms with Crippen molar-refractivity contribution in [2.75, 3.05) is 7.11 Å². The summed E-state index contributed by atoms with van der Waals surface area (Å²) in [5.74, 6) is 1.11. The van der Waals surface area contributed by atoms with Crippen LogP contribution in [0.5, 0.6) is 11.5 Å². The summed E-state index contributed by atoms with van der Waals surface area (Å²) in [6, 6.07) is 18.3. The minimum atomic E-state index is -4.76. The Hall–Kier alpha value is -5.17. The van der Waals surface area contributed by atoms with Crippen molar-refractivity contribution in [2.45, 2.75) is 46.9 Å². The summed E-state index contributed by atoms with van der Waals surface area (Å²) in [7, 11) is 1.64. The minimum Gasteiger partial charge on any atom is -0.497 e. The Morgan fingerprint density at radius 2 is 1.68 bits per heavy atom. The Labute approximate surface area is 273 Å². The van der Waals surface area contributed by atoms with Crippen LogP contribution in [0.3, 0.4) is 0 Å². The first-order chi connectivity index (χ1) is 22.3. The predicted molar refractivity (Wildman–Crippen MR) is 175 cm³/mol. The Morgan fingerprint density at radius 1 is 1.00 bits per heavy atom. The molecule has 2 amide bonds. The van der Waals surface area contributed by atoms with Crippen LogP contribution in [0.15, 0.2) is 89.1 Å². The van der Waals surface area contributed by atoms with Crippen molar-refractivity contribution in [3.05, 3.63) is 106 Å². The molecule has 5 aromatic rings. The summed E-state index contributed by atoms with van der Waals surface area (Å²) >= 11 is 1.39. The summed E-state index contributed by atoms with van der Waals surface area (Å²) in [6.07, 6.45) is -3.28. The second-order valence-electron chi connectivity index (χ2n) is 11.0. The quantitative estimate of drug-likeness (QED) is 0.181. The molecule has 0 aliphatic heterocycles. The van der Waals surface area contributed by atoms with E-state index in [4.69, 9.17) is 4.74 Å². The second kappa shape index (κ2) is 13.7. The van der Waals surface area contributed by atoms with Crippen LogP contribution in [0.1, 0.15) is 50.4 Å². The zero-order valence-corrected chi connectivity index (χ0v) is 27.4. The van der Waals surface area contributed by atoms with Gasteiger partial charge in [0.2, 0.25) is 0 Å². The van der Waals surface area contributed by atoms with E-state index < -0.39 is 12.4 Å². The number of carbonyl (C=O) groups excluding carboxylic acids is 1. The van der Waals surface area contributed by atoms with E-state index in [-0.39, 0.29) is 11.7 Å². The maximum Gasteiger partial charge on any atom is 0.573 e. The van der Waals surface area contributed by atoms with Crippen molar-refractivity contribution in [1.82, 2.24) is 24.6 Å². The Morgan fingerprint density at radius 3 is 2.32 bits per heavy atom. The van der Waals surface area contributed by atoms with E-state index in [1.54, 1.807) is 7.11 Å². The molecular weight excluding hydrogens is 629 g/mol. The molecule has 0 atom stereocenters. The van der Waals surface area contributed by atoms with E-state index in [2.05, 4.69) is 39.0 Å². The first kappa shape index (κ1) is 33.2. The molecule has 13 heteroatoms. The van der Waals surface area contributed by atoms with Gasteiger partial charge in [0.15, 0.2) is 10.6 Å². The number of ether oxygens (including phenoxy) is 2. The third-order valence-electron chi connectivity index (χ3n) is 7.43. The average Bonchev–Trinajstić information content (AvgIpc) is 3.67. The van der Waals surface area contributed by atoms with Gasteiger partial charge in [-0.15, -0.1) is 29.6 Å². The molecule has 0 fully saturated rings. The molecule has 2 aromatic heterocycles. The first-order valence-corrected chi connectivity index (χ1v) is 15.5. The third-order valence-corrected chi connectivity index (χ3v) is 8.38. The summed E-state index contributed by atoms with van der Waals surface area (Å²) in [4.78, 5) is 22.4. The molecule has 1 N–H and O–H groups in total. The lowest BCUT2D eigenvalue weighted by atomic mass is 10.0. The largest absolute Gasteiger partial charge is 0.573 e. The summed E-state index contributed by atoms with van der Waals surface area (Å²) in [5.41, 5.74) is 6.65. The van der Waals surface area contributed by atoms with Crippen molar-refractivity contribution >= 4 is 22.9 Å². The van der Waals surface area contributed by atoms with Crippen LogP contribution in [0.2, 0.25) is 0 Å². The number of thiazole rings is 1. The van der Waals surface area contributed by atoms with Crippen LogP contribution < -0.4 is 19.6 Å². The smallest absolute Gasteiger partial charge is 0.497 e. The number of rotatable bonds is 8. The number of benzene rings is 3. The second-order valence-corrected chi connectivity index (χ2v) is 11.8. The molecule has 0 saturated carbocycles. The van der Waals surface area contributed by atoms with E-state index in [9.17, 15) is 18.0 Å². The van der Waals surface area contributed by atoms with Gasteiger partial charge in [-0.05, 0) is 85.9 Å². The molecule has 0 aliphatic rings. The third kappa shape index (κ3) is 7.80. The summed E-state index contributed by atoms with van der Waals surface area (Å²) in [5, 5.41) is 9.32. The zero-order valence-electron chi connectivity index (χ0n) is 26.6. The average molecular weight is 663 g/mol. The van der Waals surface area contributed by atoms with Gasteiger partial charge in [-0.25, -0.2) is 14.5 Å². The highest BCUT2D eigenvalue weighted by molar-refractivity contribution is 7.07. The molecule has 9 nitrogen and oxygen atoms in total. The number of urea groups is 1. The fourth-order valence-corrected chi connectivity index (χ4v) is 5.73. The van der Waals surface area contributed by atoms with E-state index in [0.29, 0.717) is 22.0 Å². The number of allylic oxidation sites excluding steroid dienone is 2. The number of methoxy groups -OCH3 is 1. The number of hydrogen-bond acceptors (Lipinski definition) is 6. The van der Waals surface area contributed by atoms with Gasteiger partial charge in [0.1, 0.15) is 17.8 Å². The van der Waals surface area contributed by atoms with Gasteiger partial charge in [-0.2, -0.15) is 4.99 Å². The molecule has 244 valence electrons. The lowest BCUT2D eigenvalue weighted by molar-refractivity contribution is -0.274. The van der Waals surface area contributed by atoms with E-state index in [1.807, 2.05) is 73.2 Å². The Bertz CT molecular complexity index is 1990. The standard InChI is InChI=1S/C34H33F3N6O3S/c1-20(2)29-17-28(45-6)15-16-30(29)43-21(3)18-47-33(43)40-32(44)39-23(5)22(4)24-7-9-25(10-8-24)31-38-19-42(41-31)26-11-13-27(14-12-26)46-34(35,36)37/h7-20H,1-6H3,(H,39,44)/b23-22+,40-33?. The summed E-state index contributed by atoms with van der Waals surface area (Å²) in [6.45, 7) is 9.93. The highest BCUT2D eigenvalue weighted by Crippen LogP contribution is 2.28. The van der Waals surface area contributed by atoms with Crippen molar-refractivity contribution in [3.63, 3.8) is 0 Å². The van der Waals surface area contributed by atoms with Crippen molar-refractivity contribution in [1.29, 1.82) is 0 Å². The number of aryl methyl sites for hydroxylation is 1. The van der Waals surface area contributed by atoms with Crippen LogP contribution in [0, 0.1) is 6.92 Å². The number of alkyl halides is 3. The van der Waals surface area contributed by atoms with Crippen molar-refractivity contribution in [2.24, 2.45) is 4.99 Å². The number of halogens is 3. The van der Waals surface area contributed by atoms with Crippen LogP contribution in [-0.2, 0) is 0 Å². The topological polar surface area (TPSA) is 95.6 Å². The highest BCUT2D eigenvalue weighted by Gasteiger charge is 2.31. The lowest BCUT2D eigenvalue weighted by Gasteiger charge is -2.16. The molecule has 0 unspecified atom stereocenters. The summed E-state index contributed by atoms with van der Waals surface area (Å²) < 4.78 is 50.2. The molecule has 0 spiro atoms. The number of amides is 2. The molecule has 2 heterocycles. The maximum absolute atomic E-state index is 13.1. The Kier molecular flexibility index (Phi) is 9.66. The van der Waals surface area contributed by atoms with E-state index in [0.717, 1.165) is 39.4 Å². The Balaban J connectivity index is 1.31. The van der Waals surface area contributed by atoms with Gasteiger partial charge in [0.05, 0.1) is 18.5 Å². The normalized spacial score (nSPS) is 12.7. The molecule has 0 bridgehead atoms. The fourth-order valence-electron chi connectivity index (χ4n) is 4.86. The number of carbonyl (C=O) groups is 1. The molecule has 47 heavy (non-hydrogen) atoms. The molecule has 0 radical (unpaired) electrons. The van der Waals surface area contributed by atoms with Crippen LogP contribution in [-0.4, -0.2) is 38.8 Å². The van der Waals surface area contributed by atoms with E-state index in [1.165, 1.54) is 46.6 Å². The van der Waals surface area contributed by atoms with Gasteiger partial charge in [0, 0.05) is 22.3 Å². The number of nitrogens with zero attached hydrogens (tertiary/aromatic N) is 5. The van der Waals surface area contributed by atoms with Gasteiger partial charge in [-0.1, -0.05) is 38.1 Å². The number of hydrogen-bond donors (Lipinski definition) is 1. The van der Waals surface area contributed by atoms with E-state index >= 15 is 0 Å². The lowest BCUT2D eigenvalue weighted by Crippen LogP contribution is -2.24.